The summed E-state index contributed by atoms with van der Waals surface area (Å²) in [6, 6.07) is 8.28. The molecular formula is C19H26N6O. The van der Waals surface area contributed by atoms with Crippen molar-refractivity contribution < 1.29 is 4.79 Å². The zero-order chi connectivity index (χ0) is 18.1. The van der Waals surface area contributed by atoms with Gasteiger partial charge in [-0.25, -0.2) is 9.67 Å². The molecule has 0 N–H and O–H groups in total. The van der Waals surface area contributed by atoms with Gasteiger partial charge in [0.2, 0.25) is 5.91 Å². The average molecular weight is 354 g/mol. The first-order valence-electron chi connectivity index (χ1n) is 9.40. The number of hydrogen-bond donors (Lipinski definition) is 0. The van der Waals surface area contributed by atoms with E-state index in [1.807, 2.05) is 35.4 Å². The van der Waals surface area contributed by atoms with Crippen molar-refractivity contribution in [2.24, 2.45) is 0 Å². The van der Waals surface area contributed by atoms with Crippen LogP contribution in [0.2, 0.25) is 0 Å². The van der Waals surface area contributed by atoms with Crippen LogP contribution in [0.5, 0.6) is 0 Å². The first-order valence-corrected chi connectivity index (χ1v) is 9.40. The molecule has 2 fully saturated rings. The van der Waals surface area contributed by atoms with Crippen molar-refractivity contribution in [3.05, 3.63) is 36.7 Å². The Kier molecular flexibility index (Phi) is 4.63. The van der Waals surface area contributed by atoms with Crippen molar-refractivity contribution >= 4 is 11.7 Å². The summed E-state index contributed by atoms with van der Waals surface area (Å²) < 4.78 is 1.78. The maximum Gasteiger partial charge on any atom is 0.240 e. The predicted octanol–water partition coefficient (Wildman–Crippen LogP) is 1.40. The molecule has 0 bridgehead atoms. The lowest BCUT2D eigenvalue weighted by atomic mass is 10.1. The maximum absolute atomic E-state index is 12.6. The van der Waals surface area contributed by atoms with Crippen molar-refractivity contribution in [3.63, 3.8) is 0 Å². The third kappa shape index (κ3) is 3.19. The van der Waals surface area contributed by atoms with E-state index in [9.17, 15) is 4.79 Å². The lowest BCUT2D eigenvalue weighted by molar-refractivity contribution is -0.133. The number of carbonyl (C=O) groups is 1. The molecule has 1 atom stereocenters. The lowest BCUT2D eigenvalue weighted by Gasteiger charge is -2.38. The Morgan fingerprint density at radius 2 is 1.81 bits per heavy atom. The van der Waals surface area contributed by atoms with Crippen LogP contribution >= 0.6 is 0 Å². The monoisotopic (exact) mass is 354 g/mol. The van der Waals surface area contributed by atoms with Crippen LogP contribution in [0.3, 0.4) is 0 Å². The number of piperazine rings is 1. The van der Waals surface area contributed by atoms with Gasteiger partial charge in [-0.15, -0.1) is 0 Å². The van der Waals surface area contributed by atoms with Gasteiger partial charge in [0.1, 0.15) is 5.82 Å². The lowest BCUT2D eigenvalue weighted by Crippen LogP contribution is -2.53. The molecule has 2 aliphatic rings. The van der Waals surface area contributed by atoms with Crippen molar-refractivity contribution in [1.29, 1.82) is 0 Å². The SMILES string of the molecule is CC(C)N1CCC(N2CCN(c3cccc(-n4cccn4)n3)CC2)C1=O. The summed E-state index contributed by atoms with van der Waals surface area (Å²) in [5.41, 5.74) is 0. The summed E-state index contributed by atoms with van der Waals surface area (Å²) in [5, 5.41) is 4.25. The summed E-state index contributed by atoms with van der Waals surface area (Å²) in [5.74, 6) is 2.10. The first kappa shape index (κ1) is 17.0. The molecule has 1 amide bonds. The van der Waals surface area contributed by atoms with E-state index in [4.69, 9.17) is 4.98 Å². The molecule has 7 nitrogen and oxygen atoms in total. The van der Waals surface area contributed by atoms with Gasteiger partial charge in [-0.05, 0) is 38.5 Å². The zero-order valence-corrected chi connectivity index (χ0v) is 15.5. The Morgan fingerprint density at radius 1 is 1.04 bits per heavy atom. The second-order valence-electron chi connectivity index (χ2n) is 7.26. The smallest absolute Gasteiger partial charge is 0.240 e. The van der Waals surface area contributed by atoms with E-state index in [0.29, 0.717) is 11.9 Å². The Balaban J connectivity index is 1.40. The van der Waals surface area contributed by atoms with E-state index in [2.05, 4.69) is 28.7 Å². The number of carbonyl (C=O) groups excluding carboxylic acids is 1. The number of anilines is 1. The fourth-order valence-corrected chi connectivity index (χ4v) is 3.92. The summed E-state index contributed by atoms with van der Waals surface area (Å²) in [4.78, 5) is 24.0. The summed E-state index contributed by atoms with van der Waals surface area (Å²) in [7, 11) is 0. The minimum atomic E-state index is 0.0583. The van der Waals surface area contributed by atoms with Gasteiger partial charge in [-0.1, -0.05) is 6.07 Å². The average Bonchev–Trinajstić information content (AvgIpc) is 3.32. The normalized spacial score (nSPS) is 21.8. The molecule has 2 aromatic rings. The fourth-order valence-electron chi connectivity index (χ4n) is 3.92. The van der Waals surface area contributed by atoms with Crippen LogP contribution in [-0.2, 0) is 4.79 Å². The minimum absolute atomic E-state index is 0.0583. The maximum atomic E-state index is 12.6. The summed E-state index contributed by atoms with van der Waals surface area (Å²) in [6.45, 7) is 8.65. The van der Waals surface area contributed by atoms with Crippen LogP contribution in [0, 0.1) is 0 Å². The quantitative estimate of drug-likeness (QED) is 0.831. The van der Waals surface area contributed by atoms with Crippen LogP contribution < -0.4 is 4.90 Å². The second kappa shape index (κ2) is 7.07. The molecule has 4 heterocycles. The molecule has 7 heteroatoms. The van der Waals surface area contributed by atoms with Gasteiger partial charge < -0.3 is 9.80 Å². The standard InChI is InChI=1S/C19H26N6O/c1-15(2)24-10-7-16(19(24)26)22-11-13-23(14-12-22)17-5-3-6-18(21-17)25-9-4-8-20-25/h3-6,8-9,15-16H,7,10-14H2,1-2H3. The Bertz CT molecular complexity index is 751. The Morgan fingerprint density at radius 3 is 2.46 bits per heavy atom. The van der Waals surface area contributed by atoms with Gasteiger partial charge in [0.15, 0.2) is 5.82 Å². The van der Waals surface area contributed by atoms with Crippen molar-refractivity contribution in [3.8, 4) is 5.82 Å². The number of pyridine rings is 1. The highest BCUT2D eigenvalue weighted by molar-refractivity contribution is 5.84. The number of hydrogen-bond acceptors (Lipinski definition) is 5. The second-order valence-corrected chi connectivity index (χ2v) is 7.26. The van der Waals surface area contributed by atoms with Gasteiger partial charge in [0.25, 0.3) is 0 Å². The number of nitrogens with zero attached hydrogens (tertiary/aromatic N) is 6. The molecule has 0 spiro atoms. The molecule has 26 heavy (non-hydrogen) atoms. The summed E-state index contributed by atoms with van der Waals surface area (Å²) in [6.07, 6.45) is 4.60. The molecule has 138 valence electrons. The van der Waals surface area contributed by atoms with Gasteiger partial charge in [-0.2, -0.15) is 5.10 Å². The Hall–Kier alpha value is -2.41. The third-order valence-electron chi connectivity index (χ3n) is 5.37. The van der Waals surface area contributed by atoms with E-state index in [0.717, 1.165) is 50.8 Å². The molecule has 4 rings (SSSR count). The molecule has 0 aromatic carbocycles. The van der Waals surface area contributed by atoms with E-state index < -0.39 is 0 Å². The molecule has 0 radical (unpaired) electrons. The molecule has 0 saturated carbocycles. The van der Waals surface area contributed by atoms with E-state index in [-0.39, 0.29) is 6.04 Å². The number of likely N-dealkylation sites (tertiary alicyclic amines) is 1. The van der Waals surface area contributed by atoms with Crippen LogP contribution in [0.25, 0.3) is 5.82 Å². The van der Waals surface area contributed by atoms with Crippen LogP contribution in [0.15, 0.2) is 36.7 Å². The third-order valence-corrected chi connectivity index (χ3v) is 5.37. The molecular weight excluding hydrogens is 328 g/mol. The van der Waals surface area contributed by atoms with Crippen molar-refractivity contribution in [2.75, 3.05) is 37.6 Å². The largest absolute Gasteiger partial charge is 0.354 e. The van der Waals surface area contributed by atoms with Crippen LogP contribution in [0.1, 0.15) is 20.3 Å². The first-order chi connectivity index (χ1) is 12.6. The number of aromatic nitrogens is 3. The van der Waals surface area contributed by atoms with Gasteiger partial charge >= 0.3 is 0 Å². The molecule has 0 aliphatic carbocycles. The van der Waals surface area contributed by atoms with Crippen molar-refractivity contribution in [2.45, 2.75) is 32.4 Å². The van der Waals surface area contributed by atoms with Gasteiger partial charge in [-0.3, -0.25) is 9.69 Å². The highest BCUT2D eigenvalue weighted by atomic mass is 16.2. The molecule has 2 aromatic heterocycles. The fraction of sp³-hybridized carbons (Fsp3) is 0.526. The van der Waals surface area contributed by atoms with E-state index in [1.165, 1.54) is 0 Å². The zero-order valence-electron chi connectivity index (χ0n) is 15.5. The molecule has 1 unspecified atom stereocenters. The predicted molar refractivity (Wildman–Crippen MR) is 100 cm³/mol. The highest BCUT2D eigenvalue weighted by Gasteiger charge is 2.38. The molecule has 2 saturated heterocycles. The number of amides is 1. The minimum Gasteiger partial charge on any atom is -0.354 e. The topological polar surface area (TPSA) is 57.5 Å². The summed E-state index contributed by atoms with van der Waals surface area (Å²) >= 11 is 0. The Labute approximate surface area is 154 Å². The number of rotatable bonds is 4. The van der Waals surface area contributed by atoms with Gasteiger partial charge in [0, 0.05) is 51.2 Å². The highest BCUT2D eigenvalue weighted by Crippen LogP contribution is 2.22. The van der Waals surface area contributed by atoms with Crippen LogP contribution in [0.4, 0.5) is 5.82 Å². The van der Waals surface area contributed by atoms with Gasteiger partial charge in [0.05, 0.1) is 6.04 Å². The molecule has 2 aliphatic heterocycles. The van der Waals surface area contributed by atoms with Crippen LogP contribution in [-0.4, -0.2) is 75.3 Å². The van der Waals surface area contributed by atoms with Crippen molar-refractivity contribution in [1.82, 2.24) is 24.6 Å². The van der Waals surface area contributed by atoms with E-state index >= 15 is 0 Å². The van der Waals surface area contributed by atoms with E-state index in [1.54, 1.807) is 10.9 Å².